The molecule has 0 aliphatic carbocycles. The highest BCUT2D eigenvalue weighted by Crippen LogP contribution is 2.38. The number of anilines is 1. The van der Waals surface area contributed by atoms with E-state index in [9.17, 15) is 5.11 Å². The number of hydrogen-bond donors (Lipinski definition) is 2. The van der Waals surface area contributed by atoms with E-state index < -0.39 is 6.10 Å². The number of para-hydroxylation sites is 1. The maximum Gasteiger partial charge on any atom is 0.239 e. The lowest BCUT2D eigenvalue weighted by atomic mass is 10.2. The zero-order valence-corrected chi connectivity index (χ0v) is 20.7. The SMILES string of the molecule is COc1cnc(C(O)C(C)SNc2nnc(-c3ccc(C)o3)n2-c2c(OC)cccc2OC)cn1. The Labute approximate surface area is 206 Å². The highest BCUT2D eigenvalue weighted by Gasteiger charge is 2.26. The molecule has 0 bridgehead atoms. The van der Waals surface area contributed by atoms with Crippen LogP contribution in [0.25, 0.3) is 17.3 Å². The molecule has 0 amide bonds. The van der Waals surface area contributed by atoms with Crippen LogP contribution < -0.4 is 18.9 Å². The molecule has 3 aromatic heterocycles. The number of furan rings is 1. The molecule has 0 saturated carbocycles. The van der Waals surface area contributed by atoms with E-state index in [-0.39, 0.29) is 5.25 Å². The standard InChI is InChI=1S/C23H26N6O5S/c1-13-9-10-18(34-13)22-26-27-23(29(22)20-16(31-3)7-6-8-17(20)32-4)28-35-14(2)21(30)15-11-25-19(33-5)12-24-15/h6-12,14,21,30H,1-5H3,(H,27,28). The lowest BCUT2D eigenvalue weighted by Gasteiger charge is -2.20. The van der Waals surface area contributed by atoms with Gasteiger partial charge in [0.25, 0.3) is 0 Å². The summed E-state index contributed by atoms with van der Waals surface area (Å²) in [6.07, 6.45) is 2.06. The van der Waals surface area contributed by atoms with E-state index >= 15 is 0 Å². The number of aliphatic hydroxyl groups excluding tert-OH is 1. The van der Waals surface area contributed by atoms with Crippen LogP contribution in [0.1, 0.15) is 24.5 Å². The molecular formula is C23H26N6O5S. The van der Waals surface area contributed by atoms with Gasteiger partial charge in [0.1, 0.15) is 29.1 Å². The molecular weight excluding hydrogens is 472 g/mol. The van der Waals surface area contributed by atoms with Gasteiger partial charge < -0.3 is 23.7 Å². The molecule has 2 N–H and O–H groups in total. The van der Waals surface area contributed by atoms with Gasteiger partial charge in [-0.3, -0.25) is 14.3 Å². The van der Waals surface area contributed by atoms with Crippen molar-refractivity contribution in [3.8, 4) is 34.7 Å². The number of aromatic nitrogens is 5. The molecule has 0 radical (unpaired) electrons. The van der Waals surface area contributed by atoms with Crippen LogP contribution in [0, 0.1) is 6.92 Å². The zero-order chi connectivity index (χ0) is 24.9. The van der Waals surface area contributed by atoms with Crippen molar-refractivity contribution in [2.75, 3.05) is 26.1 Å². The predicted octanol–water partition coefficient (Wildman–Crippen LogP) is 3.83. The maximum atomic E-state index is 10.8. The van der Waals surface area contributed by atoms with Crippen LogP contribution >= 0.6 is 11.9 Å². The first kappa shape index (κ1) is 24.4. The average Bonchev–Trinajstić information content (AvgIpc) is 3.51. The molecule has 35 heavy (non-hydrogen) atoms. The van der Waals surface area contributed by atoms with E-state index in [1.165, 1.54) is 31.5 Å². The largest absolute Gasteiger partial charge is 0.494 e. The fourth-order valence-electron chi connectivity index (χ4n) is 3.36. The number of nitrogens with one attached hydrogen (secondary N) is 1. The van der Waals surface area contributed by atoms with Crippen LogP contribution in [-0.2, 0) is 0 Å². The summed E-state index contributed by atoms with van der Waals surface area (Å²) in [5.74, 6) is 3.61. The molecule has 0 fully saturated rings. The van der Waals surface area contributed by atoms with Crippen LogP contribution in [0.15, 0.2) is 47.1 Å². The van der Waals surface area contributed by atoms with Gasteiger partial charge in [-0.1, -0.05) is 6.07 Å². The van der Waals surface area contributed by atoms with Gasteiger partial charge in [0.05, 0.1) is 44.7 Å². The molecule has 0 aliphatic rings. The van der Waals surface area contributed by atoms with Gasteiger partial charge in [0, 0.05) is 0 Å². The van der Waals surface area contributed by atoms with Crippen molar-refractivity contribution in [3.05, 3.63) is 54.2 Å². The minimum absolute atomic E-state index is 0.322. The molecule has 184 valence electrons. The van der Waals surface area contributed by atoms with Crippen LogP contribution in [0.4, 0.5) is 5.95 Å². The maximum absolute atomic E-state index is 10.8. The first-order chi connectivity index (χ1) is 17.0. The minimum Gasteiger partial charge on any atom is -0.494 e. The predicted molar refractivity (Wildman–Crippen MR) is 131 cm³/mol. The monoisotopic (exact) mass is 498 g/mol. The summed E-state index contributed by atoms with van der Waals surface area (Å²) in [7, 11) is 4.67. The lowest BCUT2D eigenvalue weighted by Crippen LogP contribution is -2.16. The lowest BCUT2D eigenvalue weighted by molar-refractivity contribution is 0.174. The number of aryl methyl sites for hydroxylation is 1. The van der Waals surface area contributed by atoms with Crippen molar-refractivity contribution >= 4 is 17.9 Å². The first-order valence-electron chi connectivity index (χ1n) is 10.7. The second kappa shape index (κ2) is 10.7. The Morgan fingerprint density at radius 3 is 2.31 bits per heavy atom. The van der Waals surface area contributed by atoms with E-state index in [0.717, 1.165) is 5.76 Å². The van der Waals surface area contributed by atoms with Crippen molar-refractivity contribution < 1.29 is 23.7 Å². The van der Waals surface area contributed by atoms with Crippen molar-refractivity contribution in [2.24, 2.45) is 0 Å². The molecule has 0 spiro atoms. The second-order valence-electron chi connectivity index (χ2n) is 7.46. The molecule has 4 aromatic rings. The van der Waals surface area contributed by atoms with Gasteiger partial charge in [-0.05, 0) is 50.1 Å². The van der Waals surface area contributed by atoms with E-state index in [0.29, 0.717) is 46.3 Å². The Bertz CT molecular complexity index is 1250. The number of hydrogen-bond acceptors (Lipinski definition) is 11. The van der Waals surface area contributed by atoms with Gasteiger partial charge in [-0.15, -0.1) is 10.2 Å². The molecule has 3 heterocycles. The molecule has 12 heteroatoms. The Balaban J connectivity index is 1.68. The van der Waals surface area contributed by atoms with E-state index in [1.54, 1.807) is 18.8 Å². The number of methoxy groups -OCH3 is 3. The van der Waals surface area contributed by atoms with Crippen LogP contribution in [0.3, 0.4) is 0 Å². The van der Waals surface area contributed by atoms with Crippen LogP contribution in [0.2, 0.25) is 0 Å². The smallest absolute Gasteiger partial charge is 0.239 e. The molecule has 11 nitrogen and oxygen atoms in total. The molecule has 2 atom stereocenters. The average molecular weight is 499 g/mol. The summed E-state index contributed by atoms with van der Waals surface area (Å²) in [4.78, 5) is 8.34. The Morgan fingerprint density at radius 2 is 1.74 bits per heavy atom. The third-order valence-electron chi connectivity index (χ3n) is 5.19. The second-order valence-corrected chi connectivity index (χ2v) is 8.64. The van der Waals surface area contributed by atoms with Crippen molar-refractivity contribution in [2.45, 2.75) is 25.2 Å². The third-order valence-corrected chi connectivity index (χ3v) is 6.12. The topological polar surface area (TPSA) is 130 Å². The van der Waals surface area contributed by atoms with Gasteiger partial charge in [-0.25, -0.2) is 4.98 Å². The van der Waals surface area contributed by atoms with Gasteiger partial charge in [0.2, 0.25) is 17.7 Å². The molecule has 0 aliphatic heterocycles. The summed E-state index contributed by atoms with van der Waals surface area (Å²) >= 11 is 1.26. The normalized spacial score (nSPS) is 12.7. The summed E-state index contributed by atoms with van der Waals surface area (Å²) < 4.78 is 27.1. The molecule has 0 saturated heterocycles. The highest BCUT2D eigenvalue weighted by molar-refractivity contribution is 8.01. The number of nitrogens with zero attached hydrogens (tertiary/aromatic N) is 5. The zero-order valence-electron chi connectivity index (χ0n) is 19.9. The summed E-state index contributed by atoms with van der Waals surface area (Å²) in [5.41, 5.74) is 1.02. The van der Waals surface area contributed by atoms with Crippen molar-refractivity contribution in [1.29, 1.82) is 0 Å². The van der Waals surface area contributed by atoms with Crippen molar-refractivity contribution in [1.82, 2.24) is 24.7 Å². The number of rotatable bonds is 10. The first-order valence-corrected chi connectivity index (χ1v) is 11.5. The summed E-state index contributed by atoms with van der Waals surface area (Å²) in [6.45, 7) is 3.71. The van der Waals surface area contributed by atoms with E-state index in [1.807, 2.05) is 44.2 Å². The van der Waals surface area contributed by atoms with Crippen LogP contribution in [-0.4, -0.2) is 56.4 Å². The van der Waals surface area contributed by atoms with Gasteiger partial charge >= 0.3 is 0 Å². The number of aliphatic hydroxyl groups is 1. The van der Waals surface area contributed by atoms with Crippen molar-refractivity contribution in [3.63, 3.8) is 0 Å². The Hall–Kier alpha value is -3.77. The fourth-order valence-corrected chi connectivity index (χ4v) is 4.06. The Morgan fingerprint density at radius 1 is 1.00 bits per heavy atom. The van der Waals surface area contributed by atoms with Crippen LogP contribution in [0.5, 0.6) is 17.4 Å². The molecule has 1 aromatic carbocycles. The van der Waals surface area contributed by atoms with E-state index in [2.05, 4.69) is 24.9 Å². The summed E-state index contributed by atoms with van der Waals surface area (Å²) in [5, 5.41) is 19.1. The molecule has 2 unspecified atom stereocenters. The molecule has 4 rings (SSSR count). The quantitative estimate of drug-likeness (QED) is 0.309. The minimum atomic E-state index is -0.893. The van der Waals surface area contributed by atoms with E-state index in [4.69, 9.17) is 18.6 Å². The van der Waals surface area contributed by atoms with Gasteiger partial charge in [0.15, 0.2) is 5.76 Å². The fraction of sp³-hybridized carbons (Fsp3) is 0.304. The summed E-state index contributed by atoms with van der Waals surface area (Å²) in [6, 6.07) is 9.15. The Kier molecular flexibility index (Phi) is 7.42. The number of ether oxygens (including phenoxy) is 3. The number of benzene rings is 1. The third kappa shape index (κ3) is 5.03. The highest BCUT2D eigenvalue weighted by atomic mass is 32.2. The van der Waals surface area contributed by atoms with Gasteiger partial charge in [-0.2, -0.15) is 0 Å².